The number of carbonyl (C=O) groups is 1. The summed E-state index contributed by atoms with van der Waals surface area (Å²) >= 11 is 0. The Labute approximate surface area is 171 Å². The SMILES string of the molecule is CN=C(NCC(OC)C(C)(C)C)N1CCN(CC(=O)N2CCCCCC2)CC1. The molecule has 2 heterocycles. The first-order valence-corrected chi connectivity index (χ1v) is 10.8. The summed E-state index contributed by atoms with van der Waals surface area (Å²) in [4.78, 5) is 23.7. The molecule has 1 amide bonds. The van der Waals surface area contributed by atoms with Gasteiger partial charge in [0.2, 0.25) is 5.91 Å². The molecule has 2 rings (SSSR count). The van der Waals surface area contributed by atoms with Crippen molar-refractivity contribution in [3.05, 3.63) is 0 Å². The van der Waals surface area contributed by atoms with Gasteiger partial charge in [-0.25, -0.2) is 0 Å². The van der Waals surface area contributed by atoms with Crippen LogP contribution in [0.3, 0.4) is 0 Å². The van der Waals surface area contributed by atoms with Crippen molar-refractivity contribution in [3.8, 4) is 0 Å². The molecule has 0 aromatic rings. The summed E-state index contributed by atoms with van der Waals surface area (Å²) in [5.74, 6) is 1.22. The van der Waals surface area contributed by atoms with Gasteiger partial charge in [0.15, 0.2) is 5.96 Å². The molecule has 0 saturated carbocycles. The molecule has 0 aromatic heterocycles. The molecular formula is C21H41N5O2. The van der Waals surface area contributed by atoms with Crippen LogP contribution in [0.5, 0.6) is 0 Å². The van der Waals surface area contributed by atoms with E-state index < -0.39 is 0 Å². The van der Waals surface area contributed by atoms with Crippen LogP contribution in [0.4, 0.5) is 0 Å². The number of hydrogen-bond donors (Lipinski definition) is 1. The number of hydrogen-bond acceptors (Lipinski definition) is 4. The molecule has 0 bridgehead atoms. The topological polar surface area (TPSA) is 60.4 Å². The van der Waals surface area contributed by atoms with Crippen molar-refractivity contribution < 1.29 is 9.53 Å². The zero-order valence-electron chi connectivity index (χ0n) is 18.7. The third-order valence-corrected chi connectivity index (χ3v) is 5.90. The van der Waals surface area contributed by atoms with Gasteiger partial charge in [-0.15, -0.1) is 0 Å². The zero-order valence-corrected chi connectivity index (χ0v) is 18.7. The summed E-state index contributed by atoms with van der Waals surface area (Å²) in [6.45, 7) is 13.3. The second kappa shape index (κ2) is 11.0. The third kappa shape index (κ3) is 6.92. The summed E-state index contributed by atoms with van der Waals surface area (Å²) in [7, 11) is 3.59. The first kappa shape index (κ1) is 22.9. The monoisotopic (exact) mass is 395 g/mol. The van der Waals surface area contributed by atoms with Gasteiger partial charge in [0.05, 0.1) is 12.6 Å². The van der Waals surface area contributed by atoms with Gasteiger partial charge in [-0.1, -0.05) is 33.6 Å². The average Bonchev–Trinajstić information content (AvgIpc) is 2.95. The van der Waals surface area contributed by atoms with Crippen molar-refractivity contribution in [2.24, 2.45) is 10.4 Å². The van der Waals surface area contributed by atoms with Crippen LogP contribution in [-0.2, 0) is 9.53 Å². The van der Waals surface area contributed by atoms with Gasteiger partial charge in [0.25, 0.3) is 0 Å². The van der Waals surface area contributed by atoms with Crippen molar-refractivity contribution in [2.75, 3.05) is 66.5 Å². The molecule has 7 heteroatoms. The van der Waals surface area contributed by atoms with Gasteiger partial charge in [-0.2, -0.15) is 0 Å². The fourth-order valence-electron chi connectivity index (χ4n) is 3.99. The van der Waals surface area contributed by atoms with Crippen molar-refractivity contribution in [1.29, 1.82) is 0 Å². The van der Waals surface area contributed by atoms with Gasteiger partial charge in [-0.05, 0) is 18.3 Å². The molecule has 2 aliphatic rings. The van der Waals surface area contributed by atoms with Crippen LogP contribution in [0.1, 0.15) is 46.5 Å². The Morgan fingerprint density at radius 2 is 1.61 bits per heavy atom. The number of methoxy groups -OCH3 is 1. The molecule has 7 nitrogen and oxygen atoms in total. The largest absolute Gasteiger partial charge is 0.379 e. The Kier molecular flexibility index (Phi) is 9.02. The fraction of sp³-hybridized carbons (Fsp3) is 0.905. The normalized spacial score (nSPS) is 21.4. The summed E-state index contributed by atoms with van der Waals surface area (Å²) in [6.07, 6.45) is 4.94. The molecular weight excluding hydrogens is 354 g/mol. The number of aliphatic imine (C=N–C) groups is 1. The zero-order chi connectivity index (χ0) is 20.6. The molecule has 0 aromatic carbocycles. The summed E-state index contributed by atoms with van der Waals surface area (Å²) in [5.41, 5.74) is 0.0764. The number of piperazine rings is 1. The lowest BCUT2D eigenvalue weighted by molar-refractivity contribution is -0.132. The molecule has 0 spiro atoms. The van der Waals surface area contributed by atoms with Gasteiger partial charge < -0.3 is 19.9 Å². The van der Waals surface area contributed by atoms with Crippen molar-refractivity contribution >= 4 is 11.9 Å². The lowest BCUT2D eigenvalue weighted by Crippen LogP contribution is -2.55. The van der Waals surface area contributed by atoms with Gasteiger partial charge in [-0.3, -0.25) is 14.7 Å². The van der Waals surface area contributed by atoms with Crippen molar-refractivity contribution in [2.45, 2.75) is 52.6 Å². The number of carbonyl (C=O) groups excluding carboxylic acids is 1. The van der Waals surface area contributed by atoms with E-state index in [9.17, 15) is 4.79 Å². The maximum atomic E-state index is 12.6. The second-order valence-corrected chi connectivity index (χ2v) is 9.08. The highest BCUT2D eigenvalue weighted by Crippen LogP contribution is 2.21. The van der Waals surface area contributed by atoms with Gasteiger partial charge in [0, 0.05) is 60.0 Å². The smallest absolute Gasteiger partial charge is 0.236 e. The van der Waals surface area contributed by atoms with E-state index in [1.807, 2.05) is 7.05 Å². The first-order chi connectivity index (χ1) is 13.3. The predicted molar refractivity (Wildman–Crippen MR) is 115 cm³/mol. The van der Waals surface area contributed by atoms with E-state index in [1.54, 1.807) is 7.11 Å². The minimum Gasteiger partial charge on any atom is -0.379 e. The maximum Gasteiger partial charge on any atom is 0.236 e. The standard InChI is InChI=1S/C21H41N5O2/c1-21(2,3)18(28-5)16-23-20(22-4)26-14-12-24(13-15-26)17-19(27)25-10-8-6-7-9-11-25/h18H,6-17H2,1-5H3,(H,22,23). The fourth-order valence-corrected chi connectivity index (χ4v) is 3.99. The highest BCUT2D eigenvalue weighted by molar-refractivity contribution is 5.80. The molecule has 162 valence electrons. The number of rotatable bonds is 5. The van der Waals surface area contributed by atoms with E-state index in [0.29, 0.717) is 12.5 Å². The number of likely N-dealkylation sites (tertiary alicyclic amines) is 1. The van der Waals surface area contributed by atoms with Crippen LogP contribution in [0.15, 0.2) is 4.99 Å². The number of ether oxygens (including phenoxy) is 1. The highest BCUT2D eigenvalue weighted by atomic mass is 16.5. The minimum atomic E-state index is 0.0764. The Morgan fingerprint density at radius 3 is 2.11 bits per heavy atom. The predicted octanol–water partition coefficient (Wildman–Crippen LogP) is 1.64. The number of guanidine groups is 1. The van der Waals surface area contributed by atoms with Crippen LogP contribution in [0.25, 0.3) is 0 Å². The van der Waals surface area contributed by atoms with Crippen LogP contribution >= 0.6 is 0 Å². The molecule has 28 heavy (non-hydrogen) atoms. The van der Waals surface area contributed by atoms with E-state index >= 15 is 0 Å². The van der Waals surface area contributed by atoms with E-state index in [-0.39, 0.29) is 11.5 Å². The van der Waals surface area contributed by atoms with E-state index in [0.717, 1.165) is 64.6 Å². The molecule has 1 unspecified atom stereocenters. The van der Waals surface area contributed by atoms with Crippen LogP contribution in [0, 0.1) is 5.41 Å². The van der Waals surface area contributed by atoms with Crippen molar-refractivity contribution in [1.82, 2.24) is 20.0 Å². The summed E-state index contributed by atoms with van der Waals surface area (Å²) in [6, 6.07) is 0. The number of nitrogens with zero attached hydrogens (tertiary/aromatic N) is 4. The second-order valence-electron chi connectivity index (χ2n) is 9.08. The minimum absolute atomic E-state index is 0.0764. The van der Waals surface area contributed by atoms with Crippen LogP contribution in [0.2, 0.25) is 0 Å². The molecule has 2 saturated heterocycles. The Hall–Kier alpha value is -1.34. The molecule has 0 radical (unpaired) electrons. The Balaban J connectivity index is 1.77. The van der Waals surface area contributed by atoms with Gasteiger partial charge >= 0.3 is 0 Å². The van der Waals surface area contributed by atoms with Gasteiger partial charge in [0.1, 0.15) is 0 Å². The molecule has 1 atom stereocenters. The van der Waals surface area contributed by atoms with E-state index in [1.165, 1.54) is 12.8 Å². The lowest BCUT2D eigenvalue weighted by atomic mass is 9.89. The van der Waals surface area contributed by atoms with E-state index in [2.05, 4.69) is 45.8 Å². The number of amides is 1. The van der Waals surface area contributed by atoms with E-state index in [4.69, 9.17) is 4.74 Å². The molecule has 0 aliphatic carbocycles. The summed E-state index contributed by atoms with van der Waals surface area (Å²) < 4.78 is 5.64. The first-order valence-electron chi connectivity index (χ1n) is 10.8. The quantitative estimate of drug-likeness (QED) is 0.566. The Morgan fingerprint density at radius 1 is 1.00 bits per heavy atom. The molecule has 2 fully saturated rings. The Bertz CT molecular complexity index is 501. The molecule has 1 N–H and O–H groups in total. The van der Waals surface area contributed by atoms with Crippen LogP contribution in [-0.4, -0.2) is 99.2 Å². The maximum absolute atomic E-state index is 12.6. The highest BCUT2D eigenvalue weighted by Gasteiger charge is 2.27. The number of nitrogens with one attached hydrogen (secondary N) is 1. The summed E-state index contributed by atoms with van der Waals surface area (Å²) in [5, 5.41) is 3.47. The average molecular weight is 396 g/mol. The third-order valence-electron chi connectivity index (χ3n) is 5.90. The lowest BCUT2D eigenvalue weighted by Gasteiger charge is -2.38. The molecule has 2 aliphatic heterocycles. The van der Waals surface area contributed by atoms with Crippen molar-refractivity contribution in [3.63, 3.8) is 0 Å². The van der Waals surface area contributed by atoms with Crippen LogP contribution < -0.4 is 5.32 Å².